The second-order valence-electron chi connectivity index (χ2n) is 7.90. The van der Waals surface area contributed by atoms with E-state index in [-0.39, 0.29) is 0 Å². The molecule has 27 heavy (non-hydrogen) atoms. The Morgan fingerprint density at radius 3 is 2.85 bits per heavy atom. The molecule has 2 aliphatic heterocycles. The molecule has 2 fully saturated rings. The van der Waals surface area contributed by atoms with Crippen LogP contribution in [0.4, 0.5) is 0 Å². The van der Waals surface area contributed by atoms with Gasteiger partial charge in [-0.05, 0) is 41.3 Å². The van der Waals surface area contributed by atoms with Gasteiger partial charge in [0.25, 0.3) is 0 Å². The van der Waals surface area contributed by atoms with Crippen molar-refractivity contribution in [1.29, 1.82) is 0 Å². The first-order valence-corrected chi connectivity index (χ1v) is 9.91. The number of pyridine rings is 1. The molecular weight excluding hydrogens is 332 g/mol. The van der Waals surface area contributed by atoms with Crippen LogP contribution in [0.5, 0.6) is 0 Å². The van der Waals surface area contributed by atoms with Gasteiger partial charge in [0.2, 0.25) is 0 Å². The van der Waals surface area contributed by atoms with Crippen LogP contribution in [0.15, 0.2) is 60.8 Å². The zero-order valence-corrected chi connectivity index (χ0v) is 15.7. The van der Waals surface area contributed by atoms with Crippen LogP contribution in [0.1, 0.15) is 29.3 Å². The van der Waals surface area contributed by atoms with Crippen LogP contribution in [0.2, 0.25) is 0 Å². The van der Waals surface area contributed by atoms with Gasteiger partial charge in [-0.15, -0.1) is 0 Å². The quantitative estimate of drug-likeness (QED) is 0.751. The Labute approximate surface area is 160 Å². The minimum atomic E-state index is 0.341. The van der Waals surface area contributed by atoms with Crippen molar-refractivity contribution in [3.8, 4) is 0 Å². The van der Waals surface area contributed by atoms with Crippen LogP contribution in [-0.4, -0.2) is 29.0 Å². The first-order valence-electron chi connectivity index (χ1n) is 9.91. The lowest BCUT2D eigenvalue weighted by atomic mass is 9.83. The third-order valence-electron chi connectivity index (χ3n) is 6.24. The number of aryl methyl sites for hydroxylation is 1. The van der Waals surface area contributed by atoms with Gasteiger partial charge in [0.15, 0.2) is 0 Å². The van der Waals surface area contributed by atoms with Crippen molar-refractivity contribution >= 4 is 10.8 Å². The summed E-state index contributed by atoms with van der Waals surface area (Å²) in [5.74, 6) is 0.563. The number of rotatable bonds is 3. The maximum atomic E-state index is 4.60. The molecule has 2 aliphatic rings. The zero-order chi connectivity index (χ0) is 18.2. The van der Waals surface area contributed by atoms with E-state index >= 15 is 0 Å². The summed E-state index contributed by atoms with van der Waals surface area (Å²) in [6, 6.07) is 20.4. The van der Waals surface area contributed by atoms with Crippen LogP contribution >= 0.6 is 0 Å². The molecule has 0 radical (unpaired) electrons. The maximum absolute atomic E-state index is 4.60. The molecule has 2 saturated heterocycles. The van der Waals surface area contributed by atoms with Crippen LogP contribution in [0.25, 0.3) is 10.8 Å². The molecule has 3 aromatic rings. The van der Waals surface area contributed by atoms with E-state index in [0.29, 0.717) is 18.0 Å². The molecule has 0 amide bonds. The molecule has 4 nitrogen and oxygen atoms in total. The van der Waals surface area contributed by atoms with Crippen molar-refractivity contribution in [3.05, 3.63) is 77.6 Å². The standard InChI is InChI=1S/C23H26N4/c1-16-6-5-12-24-22(16)15-27-13-11-21-20(14-27)23(26-25-21)19-10-4-8-17-7-2-3-9-18(17)19/h2-10,12,20-21,23,25-26H,11,13-15H2,1H3. The minimum absolute atomic E-state index is 0.341. The SMILES string of the molecule is Cc1cccnc1CN1CCC2NNC(c3cccc4ccccc34)C2C1. The van der Waals surface area contributed by atoms with Gasteiger partial charge in [-0.3, -0.25) is 15.3 Å². The number of nitrogens with zero attached hydrogens (tertiary/aromatic N) is 2. The molecular formula is C23H26N4. The monoisotopic (exact) mass is 358 g/mol. The van der Waals surface area contributed by atoms with Crippen LogP contribution in [-0.2, 0) is 6.54 Å². The van der Waals surface area contributed by atoms with Crippen LogP contribution in [0.3, 0.4) is 0 Å². The van der Waals surface area contributed by atoms with Gasteiger partial charge in [-0.1, -0.05) is 48.5 Å². The van der Waals surface area contributed by atoms with E-state index in [1.807, 2.05) is 12.3 Å². The Hall–Kier alpha value is -2.27. The Balaban J connectivity index is 1.41. The number of likely N-dealkylation sites (tertiary alicyclic amines) is 1. The van der Waals surface area contributed by atoms with Crippen molar-refractivity contribution in [1.82, 2.24) is 20.7 Å². The number of benzene rings is 2. The van der Waals surface area contributed by atoms with Crippen molar-refractivity contribution in [2.45, 2.75) is 32.0 Å². The number of aromatic nitrogens is 1. The smallest absolute Gasteiger partial charge is 0.0573 e. The van der Waals surface area contributed by atoms with E-state index < -0.39 is 0 Å². The Bertz CT molecular complexity index is 949. The Kier molecular flexibility index (Phi) is 4.40. The fourth-order valence-electron chi connectivity index (χ4n) is 4.74. The summed E-state index contributed by atoms with van der Waals surface area (Å²) in [6.07, 6.45) is 3.08. The number of hydrazine groups is 1. The van der Waals surface area contributed by atoms with E-state index in [4.69, 9.17) is 0 Å². The number of hydrogen-bond acceptors (Lipinski definition) is 4. The second kappa shape index (κ2) is 7.04. The molecule has 5 rings (SSSR count). The predicted molar refractivity (Wildman–Crippen MR) is 109 cm³/mol. The summed E-state index contributed by atoms with van der Waals surface area (Å²) in [7, 11) is 0. The van der Waals surface area contributed by atoms with E-state index in [1.165, 1.54) is 34.0 Å². The summed E-state index contributed by atoms with van der Waals surface area (Å²) in [4.78, 5) is 7.18. The lowest BCUT2D eigenvalue weighted by Gasteiger charge is -2.36. The molecule has 1 aromatic heterocycles. The first kappa shape index (κ1) is 16.9. The predicted octanol–water partition coefficient (Wildman–Crippen LogP) is 3.58. The summed E-state index contributed by atoms with van der Waals surface area (Å²) in [5, 5.41) is 2.68. The Morgan fingerprint density at radius 1 is 1.04 bits per heavy atom. The number of fused-ring (bicyclic) bond motifs is 2. The fraction of sp³-hybridized carbons (Fsp3) is 0.348. The Morgan fingerprint density at radius 2 is 1.93 bits per heavy atom. The van der Waals surface area contributed by atoms with Crippen LogP contribution in [0, 0.1) is 12.8 Å². The summed E-state index contributed by atoms with van der Waals surface area (Å²) in [5.41, 5.74) is 11.1. The van der Waals surface area contributed by atoms with Gasteiger partial charge in [0, 0.05) is 37.8 Å². The topological polar surface area (TPSA) is 40.2 Å². The molecule has 4 heteroatoms. The molecule has 0 saturated carbocycles. The molecule has 3 atom stereocenters. The largest absolute Gasteiger partial charge is 0.297 e. The van der Waals surface area contributed by atoms with Crippen molar-refractivity contribution in [3.63, 3.8) is 0 Å². The highest BCUT2D eigenvalue weighted by Crippen LogP contribution is 2.37. The highest BCUT2D eigenvalue weighted by molar-refractivity contribution is 5.86. The maximum Gasteiger partial charge on any atom is 0.0573 e. The third kappa shape index (κ3) is 3.14. The minimum Gasteiger partial charge on any atom is -0.297 e. The number of nitrogens with one attached hydrogen (secondary N) is 2. The lowest BCUT2D eigenvalue weighted by molar-refractivity contribution is 0.146. The van der Waals surface area contributed by atoms with E-state index in [0.717, 1.165) is 19.6 Å². The van der Waals surface area contributed by atoms with Gasteiger partial charge in [-0.25, -0.2) is 5.43 Å². The third-order valence-corrected chi connectivity index (χ3v) is 6.24. The number of hydrogen-bond donors (Lipinski definition) is 2. The van der Waals surface area contributed by atoms with Gasteiger partial charge in [0.05, 0.1) is 11.7 Å². The van der Waals surface area contributed by atoms with E-state index in [1.54, 1.807) is 0 Å². The lowest BCUT2D eigenvalue weighted by Crippen LogP contribution is -2.45. The molecule has 138 valence electrons. The molecule has 0 spiro atoms. The first-order chi connectivity index (χ1) is 13.3. The summed E-state index contributed by atoms with van der Waals surface area (Å²) >= 11 is 0. The molecule has 3 unspecified atom stereocenters. The molecule has 3 heterocycles. The van der Waals surface area contributed by atoms with Gasteiger partial charge in [0.1, 0.15) is 0 Å². The van der Waals surface area contributed by atoms with Gasteiger partial charge in [-0.2, -0.15) is 0 Å². The average Bonchev–Trinajstić information content (AvgIpc) is 3.12. The highest BCUT2D eigenvalue weighted by atomic mass is 15.4. The van der Waals surface area contributed by atoms with E-state index in [2.05, 4.69) is 76.2 Å². The van der Waals surface area contributed by atoms with E-state index in [9.17, 15) is 0 Å². The molecule has 0 aliphatic carbocycles. The molecule has 2 N–H and O–H groups in total. The van der Waals surface area contributed by atoms with Crippen molar-refractivity contribution < 1.29 is 0 Å². The van der Waals surface area contributed by atoms with Crippen molar-refractivity contribution in [2.24, 2.45) is 5.92 Å². The highest BCUT2D eigenvalue weighted by Gasteiger charge is 2.40. The van der Waals surface area contributed by atoms with Crippen molar-refractivity contribution in [2.75, 3.05) is 13.1 Å². The average molecular weight is 358 g/mol. The van der Waals surface area contributed by atoms with Crippen LogP contribution < -0.4 is 10.9 Å². The van der Waals surface area contributed by atoms with Gasteiger partial charge >= 0.3 is 0 Å². The summed E-state index contributed by atoms with van der Waals surface area (Å²) in [6.45, 7) is 5.31. The zero-order valence-electron chi connectivity index (χ0n) is 15.7. The number of piperidine rings is 1. The summed E-state index contributed by atoms with van der Waals surface area (Å²) < 4.78 is 0. The fourth-order valence-corrected chi connectivity index (χ4v) is 4.74. The molecule has 2 aromatic carbocycles. The normalized spacial score (nSPS) is 25.6. The van der Waals surface area contributed by atoms with Gasteiger partial charge < -0.3 is 0 Å². The molecule has 0 bridgehead atoms. The second-order valence-corrected chi connectivity index (χ2v) is 7.90.